The molecule has 6 N–H and O–H groups in total. The number of aliphatic imine (C=N–C) groups is 2. The molecular formula is C30H44N6O4. The highest BCUT2D eigenvalue weighted by molar-refractivity contribution is 5.93. The fourth-order valence-electron chi connectivity index (χ4n) is 3.84. The molecule has 0 aromatic heterocycles. The van der Waals surface area contributed by atoms with E-state index in [2.05, 4.69) is 20.6 Å². The van der Waals surface area contributed by atoms with Crippen LogP contribution >= 0.6 is 0 Å². The summed E-state index contributed by atoms with van der Waals surface area (Å²) in [6.45, 7) is 1.55. The highest BCUT2D eigenvalue weighted by Crippen LogP contribution is 2.11. The van der Waals surface area contributed by atoms with Crippen LogP contribution in [0.15, 0.2) is 70.6 Å². The van der Waals surface area contributed by atoms with Crippen LogP contribution in [-0.2, 0) is 22.7 Å². The Labute approximate surface area is 237 Å². The van der Waals surface area contributed by atoms with Gasteiger partial charge in [-0.2, -0.15) is 0 Å². The molecule has 0 aliphatic heterocycles. The molecule has 0 aliphatic carbocycles. The number of guanidine groups is 2. The number of unbranched alkanes of at least 4 members (excludes halogenated alkanes) is 9. The molecule has 0 atom stereocenters. The van der Waals surface area contributed by atoms with E-state index in [0.717, 1.165) is 49.7 Å². The maximum absolute atomic E-state index is 11.8. The maximum atomic E-state index is 11.8. The Kier molecular flexibility index (Phi) is 16.7. The second-order valence-corrected chi connectivity index (χ2v) is 9.44. The number of benzene rings is 2. The van der Waals surface area contributed by atoms with Crippen LogP contribution in [0.25, 0.3) is 0 Å². The number of carbonyl (C=O) groups excluding carboxylic acids is 2. The molecule has 0 fully saturated rings. The van der Waals surface area contributed by atoms with Gasteiger partial charge in [0.2, 0.25) is 0 Å². The minimum atomic E-state index is -0.601. The molecule has 40 heavy (non-hydrogen) atoms. The zero-order valence-electron chi connectivity index (χ0n) is 23.4. The first-order valence-corrected chi connectivity index (χ1v) is 14.1. The fraction of sp³-hybridized carbons (Fsp3) is 0.467. The number of amides is 2. The standard InChI is InChI=1S/C30H44N6O4/c31-27(35-29(37)39-23-25-17-11-9-12-18-25)33-21-15-7-5-3-1-2-4-6-8-16-22-34-28(32)36-30(38)40-24-26-19-13-10-14-20-26/h9-14,17-20H,1-8,15-16,21-24H2,(H3,31,33,35,37)(H3,32,34,36,38). The van der Waals surface area contributed by atoms with Gasteiger partial charge in [-0.15, -0.1) is 0 Å². The zero-order valence-corrected chi connectivity index (χ0v) is 23.4. The Hall–Kier alpha value is -4.08. The van der Waals surface area contributed by atoms with Crippen molar-refractivity contribution < 1.29 is 19.1 Å². The minimum absolute atomic E-state index is 0.0871. The lowest BCUT2D eigenvalue weighted by molar-refractivity contribution is 0.144. The molecule has 0 aliphatic rings. The van der Waals surface area contributed by atoms with Crippen LogP contribution in [0.4, 0.5) is 9.59 Å². The van der Waals surface area contributed by atoms with Crippen molar-refractivity contribution in [1.29, 1.82) is 0 Å². The lowest BCUT2D eigenvalue weighted by Crippen LogP contribution is -2.37. The fourth-order valence-corrected chi connectivity index (χ4v) is 3.84. The molecule has 0 unspecified atom stereocenters. The molecule has 10 nitrogen and oxygen atoms in total. The predicted octanol–water partition coefficient (Wildman–Crippen LogP) is 5.37. The summed E-state index contributed by atoms with van der Waals surface area (Å²) in [6.07, 6.45) is 10.0. The second kappa shape index (κ2) is 20.8. The molecule has 2 aromatic rings. The summed E-state index contributed by atoms with van der Waals surface area (Å²) < 4.78 is 10.2. The third-order valence-electron chi connectivity index (χ3n) is 6.02. The molecule has 0 saturated heterocycles. The first kappa shape index (κ1) is 32.1. The number of nitrogens with one attached hydrogen (secondary N) is 2. The van der Waals surface area contributed by atoms with Gasteiger partial charge in [0.1, 0.15) is 13.2 Å². The number of hydrogen-bond acceptors (Lipinski definition) is 6. The van der Waals surface area contributed by atoms with Crippen LogP contribution in [0.1, 0.15) is 75.3 Å². The van der Waals surface area contributed by atoms with Gasteiger partial charge in [0.05, 0.1) is 0 Å². The monoisotopic (exact) mass is 552 g/mol. The predicted molar refractivity (Wildman–Crippen MR) is 159 cm³/mol. The highest BCUT2D eigenvalue weighted by Gasteiger charge is 2.05. The van der Waals surface area contributed by atoms with E-state index in [1.807, 2.05) is 60.7 Å². The van der Waals surface area contributed by atoms with Crippen molar-refractivity contribution in [2.75, 3.05) is 13.1 Å². The molecule has 10 heteroatoms. The van der Waals surface area contributed by atoms with Crippen LogP contribution < -0.4 is 22.1 Å². The van der Waals surface area contributed by atoms with Crippen molar-refractivity contribution in [1.82, 2.24) is 10.6 Å². The number of nitrogens with zero attached hydrogens (tertiary/aromatic N) is 2. The Morgan fingerprint density at radius 3 is 1.23 bits per heavy atom. The van der Waals surface area contributed by atoms with E-state index in [0.29, 0.717) is 13.1 Å². The number of ether oxygens (including phenoxy) is 2. The van der Waals surface area contributed by atoms with E-state index in [1.54, 1.807) is 0 Å². The molecule has 218 valence electrons. The van der Waals surface area contributed by atoms with Crippen molar-refractivity contribution in [3.63, 3.8) is 0 Å². The first-order valence-electron chi connectivity index (χ1n) is 14.1. The van der Waals surface area contributed by atoms with Gasteiger partial charge < -0.3 is 20.9 Å². The van der Waals surface area contributed by atoms with Gasteiger partial charge in [-0.05, 0) is 24.0 Å². The van der Waals surface area contributed by atoms with E-state index in [9.17, 15) is 9.59 Å². The summed E-state index contributed by atoms with van der Waals surface area (Å²) in [5.74, 6) is 0.174. The molecule has 0 bridgehead atoms. The highest BCUT2D eigenvalue weighted by atomic mass is 16.6. The van der Waals surface area contributed by atoms with Crippen molar-refractivity contribution in [2.45, 2.75) is 77.4 Å². The van der Waals surface area contributed by atoms with Crippen molar-refractivity contribution in [3.8, 4) is 0 Å². The van der Waals surface area contributed by atoms with Crippen LogP contribution in [0.5, 0.6) is 0 Å². The molecule has 2 aromatic carbocycles. The lowest BCUT2D eigenvalue weighted by atomic mass is 10.1. The Morgan fingerprint density at radius 1 is 0.550 bits per heavy atom. The van der Waals surface area contributed by atoms with Crippen LogP contribution in [0, 0.1) is 0 Å². The van der Waals surface area contributed by atoms with Crippen molar-refractivity contribution in [3.05, 3.63) is 71.8 Å². The Morgan fingerprint density at radius 2 is 0.875 bits per heavy atom. The summed E-state index contributed by atoms with van der Waals surface area (Å²) in [6, 6.07) is 18.9. The Bertz CT molecular complexity index is 948. The molecule has 2 amide bonds. The van der Waals surface area contributed by atoms with Crippen LogP contribution in [-0.4, -0.2) is 37.2 Å². The van der Waals surface area contributed by atoms with Gasteiger partial charge in [-0.25, -0.2) is 9.59 Å². The summed E-state index contributed by atoms with van der Waals surface area (Å²) in [4.78, 5) is 31.9. The first-order chi connectivity index (χ1) is 19.5. The van der Waals surface area contributed by atoms with Gasteiger partial charge in [-0.3, -0.25) is 20.6 Å². The molecule has 2 rings (SSSR count). The second-order valence-electron chi connectivity index (χ2n) is 9.44. The van der Waals surface area contributed by atoms with E-state index in [-0.39, 0.29) is 25.1 Å². The summed E-state index contributed by atoms with van der Waals surface area (Å²) in [5, 5.41) is 4.90. The van der Waals surface area contributed by atoms with Crippen LogP contribution in [0.2, 0.25) is 0 Å². The van der Waals surface area contributed by atoms with Gasteiger partial charge in [0.15, 0.2) is 11.9 Å². The number of carbonyl (C=O) groups is 2. The molecule has 0 saturated carbocycles. The van der Waals surface area contributed by atoms with Gasteiger partial charge in [-0.1, -0.05) is 112 Å². The summed E-state index contributed by atoms with van der Waals surface area (Å²) in [5.41, 5.74) is 13.3. The smallest absolute Gasteiger partial charge is 0.414 e. The molecular weight excluding hydrogens is 508 g/mol. The van der Waals surface area contributed by atoms with Crippen molar-refractivity contribution >= 4 is 24.1 Å². The van der Waals surface area contributed by atoms with Gasteiger partial charge >= 0.3 is 12.2 Å². The Balaban J connectivity index is 1.35. The number of hydrogen-bond donors (Lipinski definition) is 4. The van der Waals surface area contributed by atoms with E-state index in [4.69, 9.17) is 20.9 Å². The largest absolute Gasteiger partial charge is 0.444 e. The SMILES string of the molecule is NC(=NCCCCCCCCCCCCN=C(N)NC(=O)OCc1ccccc1)NC(=O)OCc1ccccc1. The zero-order chi connectivity index (χ0) is 28.7. The van der Waals surface area contributed by atoms with Crippen LogP contribution in [0.3, 0.4) is 0 Å². The molecule has 0 spiro atoms. The molecule has 0 heterocycles. The third kappa shape index (κ3) is 16.7. The number of nitrogens with two attached hydrogens (primary N) is 2. The van der Waals surface area contributed by atoms with Crippen molar-refractivity contribution in [2.24, 2.45) is 21.5 Å². The average molecular weight is 553 g/mol. The summed E-state index contributed by atoms with van der Waals surface area (Å²) in [7, 11) is 0. The van der Waals surface area contributed by atoms with Gasteiger partial charge in [0.25, 0.3) is 0 Å². The lowest BCUT2D eigenvalue weighted by Gasteiger charge is -2.07. The maximum Gasteiger partial charge on any atom is 0.414 e. The minimum Gasteiger partial charge on any atom is -0.444 e. The summed E-state index contributed by atoms with van der Waals surface area (Å²) >= 11 is 0. The normalized spacial score (nSPS) is 11.6. The van der Waals surface area contributed by atoms with E-state index >= 15 is 0 Å². The topological polar surface area (TPSA) is 153 Å². The third-order valence-corrected chi connectivity index (χ3v) is 6.02. The quantitative estimate of drug-likeness (QED) is 0.118. The van der Waals surface area contributed by atoms with E-state index < -0.39 is 12.2 Å². The van der Waals surface area contributed by atoms with Gasteiger partial charge in [0, 0.05) is 13.1 Å². The number of alkyl carbamates (subject to hydrolysis) is 2. The van der Waals surface area contributed by atoms with E-state index in [1.165, 1.54) is 25.7 Å². The molecule has 0 radical (unpaired) electrons. The average Bonchev–Trinajstić information content (AvgIpc) is 2.96. The number of rotatable bonds is 17.